The number of allylic oxidation sites excluding steroid dienone is 4. The standard InChI is InChI=1S/C9H11NO2/c1-6-4-8(10-12-3)5-7(2)9(6)11/h4-5H,1-3H3. The minimum absolute atomic E-state index is 0.0741. The van der Waals surface area contributed by atoms with E-state index in [0.29, 0.717) is 16.9 Å². The monoisotopic (exact) mass is 165 g/mol. The van der Waals surface area contributed by atoms with Gasteiger partial charge in [-0.05, 0) is 37.1 Å². The van der Waals surface area contributed by atoms with E-state index in [-0.39, 0.29) is 5.78 Å². The first-order valence-corrected chi connectivity index (χ1v) is 3.67. The summed E-state index contributed by atoms with van der Waals surface area (Å²) in [6, 6.07) is 0. The van der Waals surface area contributed by atoms with Crippen LogP contribution in [0.4, 0.5) is 0 Å². The highest BCUT2D eigenvalue weighted by Gasteiger charge is 2.13. The first-order valence-electron chi connectivity index (χ1n) is 3.67. The molecule has 0 saturated carbocycles. The van der Waals surface area contributed by atoms with Crippen molar-refractivity contribution in [2.75, 3.05) is 7.11 Å². The maximum Gasteiger partial charge on any atom is 0.184 e. The molecule has 0 N–H and O–H groups in total. The molecule has 0 aliphatic heterocycles. The molecule has 1 rings (SSSR count). The molecule has 0 bridgehead atoms. The van der Waals surface area contributed by atoms with Crippen molar-refractivity contribution in [2.24, 2.45) is 5.16 Å². The Balaban J connectivity index is 2.99. The summed E-state index contributed by atoms with van der Waals surface area (Å²) in [7, 11) is 1.48. The normalized spacial score (nSPS) is 16.9. The Morgan fingerprint density at radius 3 is 2.17 bits per heavy atom. The average Bonchev–Trinajstić information content (AvgIpc) is 2.01. The van der Waals surface area contributed by atoms with Crippen molar-refractivity contribution < 1.29 is 9.63 Å². The third kappa shape index (κ3) is 1.61. The van der Waals surface area contributed by atoms with Crippen LogP contribution in [0.5, 0.6) is 0 Å². The number of Topliss-reactive ketones (excluding diaryl/α,β-unsaturated/α-hetero) is 1. The van der Waals surface area contributed by atoms with Gasteiger partial charge in [0, 0.05) is 0 Å². The summed E-state index contributed by atoms with van der Waals surface area (Å²) >= 11 is 0. The van der Waals surface area contributed by atoms with Crippen LogP contribution in [0.1, 0.15) is 13.8 Å². The molecule has 0 fully saturated rings. The summed E-state index contributed by atoms with van der Waals surface area (Å²) < 4.78 is 0. The molecule has 0 saturated heterocycles. The van der Waals surface area contributed by atoms with Gasteiger partial charge in [-0.1, -0.05) is 5.16 Å². The summed E-state index contributed by atoms with van der Waals surface area (Å²) in [5, 5.41) is 3.73. The first-order chi connectivity index (χ1) is 5.65. The second-order valence-electron chi connectivity index (χ2n) is 2.68. The molecule has 64 valence electrons. The molecule has 1 aliphatic carbocycles. The average molecular weight is 165 g/mol. The van der Waals surface area contributed by atoms with Crippen molar-refractivity contribution in [3.8, 4) is 0 Å². The lowest BCUT2D eigenvalue weighted by Crippen LogP contribution is -2.10. The lowest BCUT2D eigenvalue weighted by molar-refractivity contribution is -0.112. The Morgan fingerprint density at radius 2 is 1.75 bits per heavy atom. The molecule has 0 atom stereocenters. The third-order valence-corrected chi connectivity index (χ3v) is 1.64. The van der Waals surface area contributed by atoms with Gasteiger partial charge in [0.15, 0.2) is 5.78 Å². The molecule has 12 heavy (non-hydrogen) atoms. The van der Waals surface area contributed by atoms with E-state index in [4.69, 9.17) is 0 Å². The van der Waals surface area contributed by atoms with Crippen LogP contribution in [0.25, 0.3) is 0 Å². The highest BCUT2D eigenvalue weighted by Crippen LogP contribution is 2.11. The molecule has 1 aliphatic rings. The number of carbonyl (C=O) groups excluding carboxylic acids is 1. The van der Waals surface area contributed by atoms with E-state index in [1.807, 2.05) is 0 Å². The Labute approximate surface area is 71.4 Å². The second-order valence-corrected chi connectivity index (χ2v) is 2.68. The number of carbonyl (C=O) groups is 1. The molecule has 0 aromatic carbocycles. The smallest absolute Gasteiger partial charge is 0.184 e. The fourth-order valence-electron chi connectivity index (χ4n) is 1.09. The Morgan fingerprint density at radius 1 is 1.25 bits per heavy atom. The second kappa shape index (κ2) is 3.34. The van der Waals surface area contributed by atoms with E-state index in [1.54, 1.807) is 26.0 Å². The minimum atomic E-state index is 0.0741. The van der Waals surface area contributed by atoms with Gasteiger partial charge >= 0.3 is 0 Å². The van der Waals surface area contributed by atoms with E-state index in [2.05, 4.69) is 9.99 Å². The molecule has 3 heteroatoms. The predicted molar refractivity (Wildman–Crippen MR) is 47.0 cm³/mol. The molecular weight excluding hydrogens is 154 g/mol. The van der Waals surface area contributed by atoms with Gasteiger partial charge in [-0.15, -0.1) is 0 Å². The zero-order valence-electron chi connectivity index (χ0n) is 7.42. The van der Waals surface area contributed by atoms with Crippen LogP contribution >= 0.6 is 0 Å². The molecule has 0 aromatic rings. The van der Waals surface area contributed by atoms with Crippen molar-refractivity contribution in [1.82, 2.24) is 0 Å². The zero-order chi connectivity index (χ0) is 9.14. The molecule has 0 radical (unpaired) electrons. The molecule has 3 nitrogen and oxygen atoms in total. The van der Waals surface area contributed by atoms with Crippen molar-refractivity contribution in [2.45, 2.75) is 13.8 Å². The number of ketones is 1. The number of hydrogen-bond donors (Lipinski definition) is 0. The lowest BCUT2D eigenvalue weighted by atomic mass is 9.98. The minimum Gasteiger partial charge on any atom is -0.399 e. The van der Waals surface area contributed by atoms with Crippen molar-refractivity contribution in [3.05, 3.63) is 23.3 Å². The molecule has 0 spiro atoms. The van der Waals surface area contributed by atoms with E-state index in [1.165, 1.54) is 7.11 Å². The summed E-state index contributed by atoms with van der Waals surface area (Å²) in [6.45, 7) is 3.54. The van der Waals surface area contributed by atoms with E-state index in [0.717, 1.165) is 0 Å². The predicted octanol–water partition coefficient (Wildman–Crippen LogP) is 1.46. The van der Waals surface area contributed by atoms with Crippen LogP contribution in [-0.4, -0.2) is 18.6 Å². The summed E-state index contributed by atoms with van der Waals surface area (Å²) in [5.74, 6) is 0.0741. The van der Waals surface area contributed by atoms with E-state index >= 15 is 0 Å². The van der Waals surface area contributed by atoms with Crippen LogP contribution in [0.15, 0.2) is 28.5 Å². The van der Waals surface area contributed by atoms with Gasteiger partial charge in [-0.2, -0.15) is 0 Å². The number of hydrogen-bond acceptors (Lipinski definition) is 3. The Bertz CT molecular complexity index is 274. The van der Waals surface area contributed by atoms with Crippen molar-refractivity contribution >= 4 is 11.5 Å². The maximum absolute atomic E-state index is 11.2. The highest BCUT2D eigenvalue weighted by atomic mass is 16.6. The molecule has 0 unspecified atom stereocenters. The van der Waals surface area contributed by atoms with Crippen molar-refractivity contribution in [3.63, 3.8) is 0 Å². The Hall–Kier alpha value is -1.38. The molecular formula is C9H11NO2. The molecule has 0 amide bonds. The van der Waals surface area contributed by atoms with Gasteiger partial charge in [0.25, 0.3) is 0 Å². The number of nitrogens with zero attached hydrogens (tertiary/aromatic N) is 1. The van der Waals surface area contributed by atoms with Gasteiger partial charge in [0.2, 0.25) is 0 Å². The SMILES string of the molecule is CON=C1C=C(C)C(=O)C(C)=C1. The molecule has 0 heterocycles. The Kier molecular flexibility index (Phi) is 2.43. The van der Waals surface area contributed by atoms with Gasteiger partial charge in [0.05, 0.1) is 0 Å². The third-order valence-electron chi connectivity index (χ3n) is 1.64. The topological polar surface area (TPSA) is 38.7 Å². The quantitative estimate of drug-likeness (QED) is 0.436. The van der Waals surface area contributed by atoms with E-state index < -0.39 is 0 Å². The van der Waals surface area contributed by atoms with Crippen LogP contribution in [-0.2, 0) is 9.63 Å². The van der Waals surface area contributed by atoms with Crippen LogP contribution < -0.4 is 0 Å². The summed E-state index contributed by atoms with van der Waals surface area (Å²) in [4.78, 5) is 15.8. The lowest BCUT2D eigenvalue weighted by Gasteiger charge is -2.07. The van der Waals surface area contributed by atoms with Crippen LogP contribution in [0.3, 0.4) is 0 Å². The van der Waals surface area contributed by atoms with Gasteiger partial charge in [-0.25, -0.2) is 0 Å². The van der Waals surface area contributed by atoms with Gasteiger partial charge < -0.3 is 4.84 Å². The first kappa shape index (κ1) is 8.71. The number of oxime groups is 1. The largest absolute Gasteiger partial charge is 0.399 e. The van der Waals surface area contributed by atoms with Crippen LogP contribution in [0, 0.1) is 0 Å². The molecule has 0 aromatic heterocycles. The number of rotatable bonds is 1. The summed E-state index contributed by atoms with van der Waals surface area (Å²) in [6.07, 6.45) is 3.41. The fourth-order valence-corrected chi connectivity index (χ4v) is 1.09. The highest BCUT2D eigenvalue weighted by molar-refractivity contribution is 6.21. The van der Waals surface area contributed by atoms with Gasteiger partial charge in [0.1, 0.15) is 12.8 Å². The fraction of sp³-hybridized carbons (Fsp3) is 0.333. The van der Waals surface area contributed by atoms with E-state index in [9.17, 15) is 4.79 Å². The summed E-state index contributed by atoms with van der Waals surface area (Å²) in [5.41, 5.74) is 2.09. The van der Waals surface area contributed by atoms with Crippen LogP contribution in [0.2, 0.25) is 0 Å². The van der Waals surface area contributed by atoms with Gasteiger partial charge in [-0.3, -0.25) is 4.79 Å². The zero-order valence-corrected chi connectivity index (χ0v) is 7.42. The maximum atomic E-state index is 11.2. The van der Waals surface area contributed by atoms with Crippen molar-refractivity contribution in [1.29, 1.82) is 0 Å².